The maximum Gasteiger partial charge on any atom is 0.250 e. The van der Waals surface area contributed by atoms with E-state index in [9.17, 15) is 8.42 Å². The minimum absolute atomic E-state index is 0.00631. The van der Waals surface area contributed by atoms with Crippen LogP contribution in [0.25, 0.3) is 11.4 Å². The maximum atomic E-state index is 11.7. The number of sulfone groups is 1. The van der Waals surface area contributed by atoms with Gasteiger partial charge in [-0.05, 0) is 70.0 Å². The van der Waals surface area contributed by atoms with Gasteiger partial charge in [0.05, 0.1) is 4.90 Å². The van der Waals surface area contributed by atoms with Crippen molar-refractivity contribution in [1.82, 2.24) is 19.9 Å². The predicted octanol–water partition coefficient (Wildman–Crippen LogP) is 4.30. The highest BCUT2D eigenvalue weighted by molar-refractivity contribution is 7.90. The van der Waals surface area contributed by atoms with Gasteiger partial charge in [0.25, 0.3) is 0 Å². The van der Waals surface area contributed by atoms with Gasteiger partial charge in [0, 0.05) is 24.4 Å². The van der Waals surface area contributed by atoms with Gasteiger partial charge in [-0.25, -0.2) is 13.4 Å². The first-order chi connectivity index (χ1) is 14.4. The highest BCUT2D eigenvalue weighted by Crippen LogP contribution is 2.37. The van der Waals surface area contributed by atoms with Crippen LogP contribution in [0.1, 0.15) is 32.5 Å². The van der Waals surface area contributed by atoms with Gasteiger partial charge < -0.3 is 10.2 Å². The van der Waals surface area contributed by atoms with Crippen LogP contribution in [0.2, 0.25) is 0 Å². The summed E-state index contributed by atoms with van der Waals surface area (Å²) in [5.74, 6) is 1.13. The molecule has 2 aromatic rings. The van der Waals surface area contributed by atoms with E-state index >= 15 is 0 Å². The summed E-state index contributed by atoms with van der Waals surface area (Å²) >= 11 is 18.1. The van der Waals surface area contributed by atoms with Gasteiger partial charge in [-0.2, -0.15) is 9.97 Å². The molecule has 1 fully saturated rings. The molecule has 3 rings (SSSR count). The van der Waals surface area contributed by atoms with Gasteiger partial charge in [0.2, 0.25) is 9.74 Å². The molecular formula is C20H26Cl3N5O2S. The van der Waals surface area contributed by atoms with Crippen molar-refractivity contribution in [2.45, 2.75) is 41.4 Å². The van der Waals surface area contributed by atoms with Crippen molar-refractivity contribution in [2.75, 3.05) is 31.2 Å². The van der Waals surface area contributed by atoms with E-state index < -0.39 is 13.6 Å². The number of hydrogen-bond donors (Lipinski definition) is 1. The number of rotatable bonds is 6. The normalized spacial score (nSPS) is 16.6. The maximum absolute atomic E-state index is 11.7. The molecule has 0 bridgehead atoms. The molecule has 1 aliphatic rings. The molecule has 31 heavy (non-hydrogen) atoms. The second-order valence-corrected chi connectivity index (χ2v) is 12.4. The van der Waals surface area contributed by atoms with Gasteiger partial charge in [0.15, 0.2) is 21.5 Å². The Labute approximate surface area is 198 Å². The minimum atomic E-state index is -3.30. The van der Waals surface area contributed by atoms with E-state index in [0.717, 1.165) is 32.2 Å². The number of aromatic nitrogens is 3. The molecule has 2 heterocycles. The molecule has 1 saturated heterocycles. The molecular weight excluding hydrogens is 481 g/mol. The van der Waals surface area contributed by atoms with Gasteiger partial charge >= 0.3 is 0 Å². The average Bonchev–Trinajstić information content (AvgIpc) is 2.71. The van der Waals surface area contributed by atoms with E-state index in [4.69, 9.17) is 34.8 Å². The third kappa shape index (κ3) is 6.65. The van der Waals surface area contributed by atoms with E-state index in [2.05, 4.69) is 39.0 Å². The Morgan fingerprint density at radius 2 is 1.71 bits per heavy atom. The van der Waals surface area contributed by atoms with Crippen molar-refractivity contribution >= 4 is 50.6 Å². The Balaban J connectivity index is 1.80. The van der Waals surface area contributed by atoms with Gasteiger partial charge in [-0.15, -0.1) is 0 Å². The highest BCUT2D eigenvalue weighted by atomic mass is 35.6. The lowest BCUT2D eigenvalue weighted by Crippen LogP contribution is -2.40. The topological polar surface area (TPSA) is 88.1 Å². The minimum Gasteiger partial charge on any atom is -0.354 e. The summed E-state index contributed by atoms with van der Waals surface area (Å²) in [6.07, 6.45) is 3.33. The molecule has 1 aliphatic heterocycles. The number of alkyl halides is 3. The first-order valence-electron chi connectivity index (χ1n) is 10.0. The first-order valence-corrected chi connectivity index (χ1v) is 13.1. The molecule has 0 atom stereocenters. The summed E-state index contributed by atoms with van der Waals surface area (Å²) in [4.78, 5) is 15.7. The monoisotopic (exact) mass is 505 g/mol. The Morgan fingerprint density at radius 3 is 2.23 bits per heavy atom. The van der Waals surface area contributed by atoms with Gasteiger partial charge in [0.1, 0.15) is 0 Å². The molecule has 7 nitrogen and oxygen atoms in total. The number of hydrogen-bond acceptors (Lipinski definition) is 7. The predicted molar refractivity (Wildman–Crippen MR) is 126 cm³/mol. The van der Waals surface area contributed by atoms with Gasteiger partial charge in [-0.3, -0.25) is 0 Å². The zero-order valence-corrected chi connectivity index (χ0v) is 20.7. The summed E-state index contributed by atoms with van der Waals surface area (Å²) in [6.45, 7) is 7.27. The van der Waals surface area contributed by atoms with Crippen LogP contribution in [0.4, 0.5) is 5.95 Å². The molecule has 1 aromatic carbocycles. The first kappa shape index (κ1) is 24.5. The number of piperidine rings is 1. The Kier molecular flexibility index (Phi) is 7.69. The molecule has 1 N–H and O–H groups in total. The number of nitrogens with one attached hydrogen (secondary N) is 1. The summed E-state index contributed by atoms with van der Waals surface area (Å²) in [5, 5.41) is 3.26. The van der Waals surface area contributed by atoms with Crippen LogP contribution in [-0.2, 0) is 13.6 Å². The van der Waals surface area contributed by atoms with Crippen LogP contribution < -0.4 is 5.32 Å². The van der Waals surface area contributed by atoms with E-state index in [1.54, 1.807) is 12.1 Å². The molecule has 0 saturated carbocycles. The molecule has 0 amide bonds. The van der Waals surface area contributed by atoms with Crippen LogP contribution in [-0.4, -0.2) is 60.2 Å². The van der Waals surface area contributed by atoms with Crippen molar-refractivity contribution in [2.24, 2.45) is 5.92 Å². The molecule has 0 aliphatic carbocycles. The fraction of sp³-hybridized carbons (Fsp3) is 0.550. The van der Waals surface area contributed by atoms with Gasteiger partial charge in [-0.1, -0.05) is 34.8 Å². The lowest BCUT2D eigenvalue weighted by atomic mass is 9.96. The molecule has 0 unspecified atom stereocenters. The zero-order valence-electron chi connectivity index (χ0n) is 17.6. The zero-order chi connectivity index (χ0) is 22.8. The van der Waals surface area contributed by atoms with Crippen LogP contribution in [0.5, 0.6) is 0 Å². The Morgan fingerprint density at radius 1 is 1.10 bits per heavy atom. The third-order valence-electron chi connectivity index (χ3n) is 5.36. The molecule has 0 radical (unpaired) electrons. The van der Waals surface area contributed by atoms with E-state index in [1.165, 1.54) is 12.1 Å². The van der Waals surface area contributed by atoms with Crippen molar-refractivity contribution < 1.29 is 8.42 Å². The summed E-state index contributed by atoms with van der Waals surface area (Å²) in [7, 11) is -3.30. The SMILES string of the molecule is CC(C)N1CCC(CNc2nc(-c3ccc(S(C)(=O)=O)cc3)nc(C(Cl)(Cl)Cl)n2)CC1. The number of likely N-dealkylation sites (tertiary alicyclic amines) is 1. The highest BCUT2D eigenvalue weighted by Gasteiger charge is 2.29. The molecule has 1 aromatic heterocycles. The van der Waals surface area contributed by atoms with Crippen LogP contribution in [0.3, 0.4) is 0 Å². The third-order valence-corrected chi connectivity index (χ3v) is 6.99. The number of benzene rings is 1. The molecule has 170 valence electrons. The van der Waals surface area contributed by atoms with Crippen molar-refractivity contribution in [3.05, 3.63) is 30.1 Å². The van der Waals surface area contributed by atoms with E-state index in [-0.39, 0.29) is 10.7 Å². The largest absolute Gasteiger partial charge is 0.354 e. The van der Waals surface area contributed by atoms with Crippen molar-refractivity contribution in [3.63, 3.8) is 0 Å². The summed E-state index contributed by atoms with van der Waals surface area (Å²) < 4.78 is 21.6. The summed E-state index contributed by atoms with van der Waals surface area (Å²) in [6, 6.07) is 6.80. The number of nitrogens with zero attached hydrogens (tertiary/aromatic N) is 4. The second-order valence-electron chi connectivity index (χ2n) is 8.05. The number of anilines is 1. The molecule has 0 spiro atoms. The standard InChI is InChI=1S/C20H26Cl3N5O2S/c1-13(2)28-10-8-14(9-11-28)12-24-19-26-17(25-18(27-19)20(21,22)23)15-4-6-16(7-5-15)31(3,29)30/h4-7,13-14H,8-12H2,1-3H3,(H,24,25,26,27). The lowest BCUT2D eigenvalue weighted by molar-refractivity contribution is 0.153. The van der Waals surface area contributed by atoms with Crippen LogP contribution >= 0.6 is 34.8 Å². The van der Waals surface area contributed by atoms with Crippen LogP contribution in [0, 0.1) is 5.92 Å². The van der Waals surface area contributed by atoms with E-state index in [0.29, 0.717) is 35.8 Å². The summed E-state index contributed by atoms with van der Waals surface area (Å²) in [5.41, 5.74) is 0.596. The fourth-order valence-corrected chi connectivity index (χ4v) is 4.36. The second kappa shape index (κ2) is 9.75. The lowest BCUT2D eigenvalue weighted by Gasteiger charge is -2.34. The number of halogens is 3. The fourth-order valence-electron chi connectivity index (χ4n) is 3.47. The van der Waals surface area contributed by atoms with E-state index in [1.807, 2.05) is 0 Å². The van der Waals surface area contributed by atoms with Crippen LogP contribution in [0.15, 0.2) is 29.2 Å². The van der Waals surface area contributed by atoms with Crippen molar-refractivity contribution in [1.29, 1.82) is 0 Å². The quantitative estimate of drug-likeness (QED) is 0.584. The van der Waals surface area contributed by atoms with Crippen molar-refractivity contribution in [3.8, 4) is 11.4 Å². The smallest absolute Gasteiger partial charge is 0.250 e. The molecule has 11 heteroatoms. The Hall–Kier alpha value is -1.19. The average molecular weight is 507 g/mol. The Bertz CT molecular complexity index is 1000.